The largest absolute Gasteiger partial charge is 0.268 e. The summed E-state index contributed by atoms with van der Waals surface area (Å²) in [6, 6.07) is 17.4. The lowest BCUT2D eigenvalue weighted by Crippen LogP contribution is -2.14. The van der Waals surface area contributed by atoms with Crippen LogP contribution in [0.4, 0.5) is 5.69 Å². The Labute approximate surface area is 192 Å². The minimum absolute atomic E-state index is 0.151. The smallest absolute Gasteiger partial charge is 0.237 e. The van der Waals surface area contributed by atoms with Gasteiger partial charge in [0.2, 0.25) is 5.69 Å². The highest BCUT2D eigenvalue weighted by Crippen LogP contribution is 2.47. The summed E-state index contributed by atoms with van der Waals surface area (Å²) in [7, 11) is -3.94. The lowest BCUT2D eigenvalue weighted by Gasteiger charge is -2.12. The van der Waals surface area contributed by atoms with Gasteiger partial charge >= 0.3 is 0 Å². The van der Waals surface area contributed by atoms with E-state index in [-0.39, 0.29) is 4.90 Å². The number of fused-ring (bicyclic) bond motifs is 1. The molecule has 0 spiro atoms. The molecule has 0 fully saturated rings. The molecule has 0 radical (unpaired) electrons. The van der Waals surface area contributed by atoms with Gasteiger partial charge in [0.1, 0.15) is 0 Å². The van der Waals surface area contributed by atoms with Crippen LogP contribution in [0.1, 0.15) is 0 Å². The van der Waals surface area contributed by atoms with Crippen LogP contribution in [0.3, 0.4) is 0 Å². The average Bonchev–Trinajstić information content (AvgIpc) is 3.51. The van der Waals surface area contributed by atoms with Crippen molar-refractivity contribution in [2.45, 2.75) is 4.90 Å². The topological polar surface area (TPSA) is 43.4 Å². The van der Waals surface area contributed by atoms with Crippen LogP contribution < -0.4 is 0 Å². The molecule has 5 aromatic rings. The Balaban J connectivity index is 1.96. The molecule has 8 heteroatoms. The van der Waals surface area contributed by atoms with Crippen LogP contribution in [0.2, 0.25) is 5.02 Å². The fourth-order valence-electron chi connectivity index (χ4n) is 3.65. The third-order valence-corrected chi connectivity index (χ3v) is 8.56. The number of benzene rings is 2. The van der Waals surface area contributed by atoms with E-state index in [0.717, 1.165) is 21.4 Å². The van der Waals surface area contributed by atoms with E-state index in [1.807, 2.05) is 41.1 Å². The molecule has 5 rings (SSSR count). The summed E-state index contributed by atoms with van der Waals surface area (Å²) in [4.78, 5) is 4.63. The maximum Gasteiger partial charge on any atom is 0.268 e. The molecule has 3 heterocycles. The molecule has 0 atom stereocenters. The molecule has 0 aliphatic rings. The van der Waals surface area contributed by atoms with Crippen molar-refractivity contribution >= 4 is 60.9 Å². The first-order valence-electron chi connectivity index (χ1n) is 9.15. The Hall–Kier alpha value is -2.89. The maximum atomic E-state index is 13.9. The van der Waals surface area contributed by atoms with Gasteiger partial charge in [0.05, 0.1) is 27.6 Å². The second-order valence-corrected chi connectivity index (χ2v) is 10.6. The summed E-state index contributed by atoms with van der Waals surface area (Å²) in [5.74, 6) is 0. The number of aromatic nitrogens is 1. The van der Waals surface area contributed by atoms with Crippen molar-refractivity contribution in [2.75, 3.05) is 0 Å². The maximum absolute atomic E-state index is 13.9. The summed E-state index contributed by atoms with van der Waals surface area (Å²) in [5.41, 5.74) is 3.13. The van der Waals surface area contributed by atoms with E-state index < -0.39 is 10.0 Å². The van der Waals surface area contributed by atoms with Crippen molar-refractivity contribution in [1.82, 2.24) is 3.97 Å². The van der Waals surface area contributed by atoms with Crippen LogP contribution >= 0.6 is 34.3 Å². The number of nitrogens with zero attached hydrogens (tertiary/aromatic N) is 2. The fraction of sp³-hybridized carbons (Fsp3) is 0. The molecule has 0 saturated heterocycles. The summed E-state index contributed by atoms with van der Waals surface area (Å²) in [6.45, 7) is 7.58. The Morgan fingerprint density at radius 2 is 1.74 bits per heavy atom. The molecule has 0 aliphatic carbocycles. The first kappa shape index (κ1) is 20.0. The molecule has 3 aromatic heterocycles. The molecular formula is C23H13ClN2O2S3. The second-order valence-electron chi connectivity index (χ2n) is 6.72. The minimum atomic E-state index is -3.94. The zero-order valence-corrected chi connectivity index (χ0v) is 19.0. The van der Waals surface area contributed by atoms with E-state index in [4.69, 9.17) is 18.2 Å². The average molecular weight is 481 g/mol. The molecule has 31 heavy (non-hydrogen) atoms. The van der Waals surface area contributed by atoms with Crippen LogP contribution in [0.25, 0.3) is 37.4 Å². The standard InChI is InChI=1S/C23H13ClN2O2S3/c1-25-19-14-29-13-18(19)22-17-5-2-3-6-20(17)26(23(22)21-7-4-12-30-21)31(27,28)16-10-8-15(24)9-11-16/h2-14H. The first-order valence-corrected chi connectivity index (χ1v) is 12.8. The molecular weight excluding hydrogens is 468 g/mol. The molecule has 0 saturated carbocycles. The van der Waals surface area contributed by atoms with Crippen LogP contribution in [0.5, 0.6) is 0 Å². The zero-order valence-electron chi connectivity index (χ0n) is 15.8. The van der Waals surface area contributed by atoms with Gasteiger partial charge in [-0.3, -0.25) is 0 Å². The Bertz CT molecular complexity index is 1560. The van der Waals surface area contributed by atoms with Crippen LogP contribution in [-0.2, 0) is 10.0 Å². The van der Waals surface area contributed by atoms with E-state index in [2.05, 4.69) is 4.85 Å². The van der Waals surface area contributed by atoms with Gasteiger partial charge in [0, 0.05) is 21.5 Å². The second kappa shape index (κ2) is 7.66. The molecule has 0 N–H and O–H groups in total. The summed E-state index contributed by atoms with van der Waals surface area (Å²) in [6.07, 6.45) is 0. The van der Waals surface area contributed by atoms with E-state index in [9.17, 15) is 8.42 Å². The van der Waals surface area contributed by atoms with Crippen LogP contribution in [-0.4, -0.2) is 12.4 Å². The molecule has 0 amide bonds. The molecule has 0 aliphatic heterocycles. The third kappa shape index (κ3) is 3.20. The van der Waals surface area contributed by atoms with Crippen molar-refractivity contribution in [3.63, 3.8) is 0 Å². The van der Waals surface area contributed by atoms with E-state index >= 15 is 0 Å². The Morgan fingerprint density at radius 3 is 2.45 bits per heavy atom. The molecule has 2 aromatic carbocycles. The van der Waals surface area contributed by atoms with E-state index in [1.54, 1.807) is 23.6 Å². The predicted molar refractivity (Wildman–Crippen MR) is 129 cm³/mol. The number of hydrogen-bond acceptors (Lipinski definition) is 4. The third-order valence-electron chi connectivity index (χ3n) is 4.97. The highest BCUT2D eigenvalue weighted by molar-refractivity contribution is 7.90. The Morgan fingerprint density at radius 1 is 0.968 bits per heavy atom. The van der Waals surface area contributed by atoms with Gasteiger partial charge in [-0.05, 0) is 52.5 Å². The monoisotopic (exact) mass is 480 g/mol. The number of hydrogen-bond donors (Lipinski definition) is 0. The van der Waals surface area contributed by atoms with Crippen molar-refractivity contribution in [3.05, 3.63) is 93.2 Å². The van der Waals surface area contributed by atoms with Gasteiger partial charge in [-0.25, -0.2) is 17.2 Å². The quantitative estimate of drug-likeness (QED) is 0.249. The lowest BCUT2D eigenvalue weighted by atomic mass is 10.0. The van der Waals surface area contributed by atoms with Crippen molar-refractivity contribution in [3.8, 4) is 21.7 Å². The van der Waals surface area contributed by atoms with Crippen molar-refractivity contribution in [1.29, 1.82) is 0 Å². The van der Waals surface area contributed by atoms with Gasteiger partial charge < -0.3 is 0 Å². The van der Waals surface area contributed by atoms with Crippen LogP contribution in [0, 0.1) is 6.57 Å². The lowest BCUT2D eigenvalue weighted by molar-refractivity contribution is 0.589. The number of rotatable bonds is 4. The molecule has 0 unspecified atom stereocenters. The molecule has 0 bridgehead atoms. The molecule has 152 valence electrons. The fourth-order valence-corrected chi connectivity index (χ4v) is 6.89. The van der Waals surface area contributed by atoms with Crippen molar-refractivity contribution < 1.29 is 8.42 Å². The van der Waals surface area contributed by atoms with Gasteiger partial charge in [0.25, 0.3) is 10.0 Å². The highest BCUT2D eigenvalue weighted by atomic mass is 35.5. The van der Waals surface area contributed by atoms with E-state index in [0.29, 0.717) is 21.9 Å². The highest BCUT2D eigenvalue weighted by Gasteiger charge is 2.29. The van der Waals surface area contributed by atoms with Gasteiger partial charge in [0.15, 0.2) is 0 Å². The normalized spacial score (nSPS) is 11.6. The van der Waals surface area contributed by atoms with Gasteiger partial charge in [-0.1, -0.05) is 35.9 Å². The van der Waals surface area contributed by atoms with Crippen molar-refractivity contribution in [2.24, 2.45) is 0 Å². The number of thiophene rings is 2. The number of halogens is 1. The number of para-hydroxylation sites is 1. The zero-order chi connectivity index (χ0) is 21.6. The van der Waals surface area contributed by atoms with Crippen LogP contribution in [0.15, 0.2) is 81.7 Å². The summed E-state index contributed by atoms with van der Waals surface area (Å²) in [5, 5.41) is 6.87. The summed E-state index contributed by atoms with van der Waals surface area (Å²) >= 11 is 8.89. The Kier molecular flexibility index (Phi) is 4.95. The minimum Gasteiger partial charge on any atom is -0.237 e. The summed E-state index contributed by atoms with van der Waals surface area (Å²) < 4.78 is 29.2. The van der Waals surface area contributed by atoms with E-state index in [1.165, 1.54) is 38.8 Å². The SMILES string of the molecule is [C-]#[N+]c1cscc1-c1c(-c2cccs2)n(S(=O)(=O)c2ccc(Cl)cc2)c2ccccc12. The van der Waals surface area contributed by atoms with Gasteiger partial charge in [-0.15, -0.1) is 11.3 Å². The van der Waals surface area contributed by atoms with Gasteiger partial charge in [-0.2, -0.15) is 11.3 Å². The predicted octanol–water partition coefficient (Wildman–Crippen LogP) is 7.54. The molecule has 4 nitrogen and oxygen atoms in total. The first-order chi connectivity index (χ1) is 15.0.